The molecule has 0 aromatic carbocycles. The van der Waals surface area contributed by atoms with E-state index in [-0.39, 0.29) is 5.04 Å². The number of rotatable bonds is 3. The topological polar surface area (TPSA) is 22.1 Å². The number of halogens is 2. The van der Waals surface area contributed by atoms with Crippen LogP contribution in [0, 0.1) is 0 Å². The van der Waals surface area contributed by atoms with Gasteiger partial charge in [-0.2, -0.15) is 0 Å². The first kappa shape index (κ1) is 15.2. The third kappa shape index (κ3) is 4.05. The van der Waals surface area contributed by atoms with E-state index in [0.29, 0.717) is 11.6 Å². The Labute approximate surface area is 118 Å². The molecule has 0 spiro atoms. The first-order chi connectivity index (χ1) is 7.63. The van der Waals surface area contributed by atoms with Gasteiger partial charge in [0.25, 0.3) is 0 Å². The summed E-state index contributed by atoms with van der Waals surface area (Å²) in [6.07, 6.45) is 0. The maximum absolute atomic E-state index is 6.09. The summed E-state index contributed by atoms with van der Waals surface area (Å²) in [5.41, 5.74) is 0.797. The largest absolute Gasteiger partial charge is 0.411 e. The van der Waals surface area contributed by atoms with Gasteiger partial charge in [-0.3, -0.25) is 0 Å². The monoisotopic (exact) mass is 335 g/mol. The van der Waals surface area contributed by atoms with Crippen molar-refractivity contribution in [1.82, 2.24) is 4.98 Å². The molecule has 0 atom stereocenters. The molecule has 1 aromatic heterocycles. The highest BCUT2D eigenvalue weighted by Gasteiger charge is 2.37. The Bertz CT molecular complexity index is 404. The molecule has 0 bridgehead atoms. The zero-order chi connectivity index (χ0) is 13.3. The fourth-order valence-electron chi connectivity index (χ4n) is 1.02. The number of nitrogens with zero attached hydrogens (tertiary/aromatic N) is 1. The number of aromatic nitrogens is 1. The van der Waals surface area contributed by atoms with Gasteiger partial charge in [0.15, 0.2) is 8.32 Å². The lowest BCUT2D eigenvalue weighted by Gasteiger charge is -2.36. The molecular weight excluding hydrogens is 318 g/mol. The highest BCUT2D eigenvalue weighted by atomic mass is 79.9. The van der Waals surface area contributed by atoms with E-state index in [2.05, 4.69) is 54.8 Å². The van der Waals surface area contributed by atoms with Gasteiger partial charge in [-0.25, -0.2) is 4.98 Å². The lowest BCUT2D eigenvalue weighted by molar-refractivity contribution is 0.272. The van der Waals surface area contributed by atoms with Crippen LogP contribution >= 0.6 is 27.5 Å². The first-order valence-corrected chi connectivity index (χ1v) is 9.66. The lowest BCUT2D eigenvalue weighted by Crippen LogP contribution is -2.40. The second-order valence-corrected chi connectivity index (χ2v) is 11.6. The molecule has 0 radical (unpaired) electrons. The Balaban J connectivity index is 2.77. The van der Waals surface area contributed by atoms with Gasteiger partial charge < -0.3 is 4.43 Å². The van der Waals surface area contributed by atoms with Crippen molar-refractivity contribution in [2.24, 2.45) is 0 Å². The summed E-state index contributed by atoms with van der Waals surface area (Å²) in [6, 6.07) is 3.67. The lowest BCUT2D eigenvalue weighted by atomic mass is 10.2. The van der Waals surface area contributed by atoms with Crippen LogP contribution in [-0.4, -0.2) is 13.3 Å². The van der Waals surface area contributed by atoms with Crippen molar-refractivity contribution in [2.75, 3.05) is 0 Å². The molecule has 0 amide bonds. The number of hydrogen-bond acceptors (Lipinski definition) is 2. The molecule has 0 unspecified atom stereocenters. The molecule has 1 heterocycles. The molecule has 0 aliphatic heterocycles. The van der Waals surface area contributed by atoms with E-state index in [0.717, 1.165) is 10.3 Å². The summed E-state index contributed by atoms with van der Waals surface area (Å²) in [5, 5.41) is 0.859. The fraction of sp³-hybridized carbons (Fsp3) is 0.583. The third-order valence-electron chi connectivity index (χ3n) is 3.26. The third-order valence-corrected chi connectivity index (χ3v) is 8.52. The molecule has 17 heavy (non-hydrogen) atoms. The molecule has 0 aliphatic rings. The molecule has 0 N–H and O–H groups in total. The Kier molecular flexibility index (Phi) is 4.80. The zero-order valence-corrected chi connectivity index (χ0v) is 14.3. The van der Waals surface area contributed by atoms with Gasteiger partial charge in [-0.05, 0) is 46.2 Å². The molecular formula is C12H19BrClNOSi. The van der Waals surface area contributed by atoms with Crippen molar-refractivity contribution in [1.29, 1.82) is 0 Å². The zero-order valence-electron chi connectivity index (χ0n) is 11.0. The molecule has 0 saturated carbocycles. The Morgan fingerprint density at radius 2 is 1.94 bits per heavy atom. The van der Waals surface area contributed by atoms with Gasteiger partial charge in [0, 0.05) is 0 Å². The average molecular weight is 337 g/mol. The van der Waals surface area contributed by atoms with Crippen LogP contribution in [-0.2, 0) is 11.0 Å². The smallest absolute Gasteiger partial charge is 0.192 e. The van der Waals surface area contributed by atoms with Crippen LogP contribution < -0.4 is 0 Å². The van der Waals surface area contributed by atoms with Crippen LogP contribution in [0.25, 0.3) is 0 Å². The van der Waals surface area contributed by atoms with E-state index < -0.39 is 8.32 Å². The normalized spacial score (nSPS) is 12.9. The molecule has 2 nitrogen and oxygen atoms in total. The maximum Gasteiger partial charge on any atom is 0.192 e. The quantitative estimate of drug-likeness (QED) is 0.571. The van der Waals surface area contributed by atoms with Crippen molar-refractivity contribution in [3.8, 4) is 0 Å². The van der Waals surface area contributed by atoms with Gasteiger partial charge >= 0.3 is 0 Å². The standard InChI is InChI=1S/C12H19BrClNOSi/c1-12(2,3)17(4,5)16-8-10-9(14)6-7-11(13)15-10/h6-7H,8H2,1-5H3. The van der Waals surface area contributed by atoms with Gasteiger partial charge in [-0.15, -0.1) is 0 Å². The highest BCUT2D eigenvalue weighted by Crippen LogP contribution is 2.37. The summed E-state index contributed by atoms with van der Waals surface area (Å²) >= 11 is 9.43. The Morgan fingerprint density at radius 3 is 2.47 bits per heavy atom. The van der Waals surface area contributed by atoms with E-state index in [1.165, 1.54) is 0 Å². The van der Waals surface area contributed by atoms with Crippen molar-refractivity contribution < 1.29 is 4.43 Å². The van der Waals surface area contributed by atoms with Gasteiger partial charge in [-0.1, -0.05) is 32.4 Å². The maximum atomic E-state index is 6.09. The molecule has 0 aliphatic carbocycles. The molecule has 96 valence electrons. The second kappa shape index (κ2) is 5.39. The highest BCUT2D eigenvalue weighted by molar-refractivity contribution is 9.10. The fourth-order valence-corrected chi connectivity index (χ4v) is 2.46. The van der Waals surface area contributed by atoms with Gasteiger partial charge in [0.1, 0.15) is 4.60 Å². The molecule has 0 saturated heterocycles. The van der Waals surface area contributed by atoms with Crippen LogP contribution in [0.3, 0.4) is 0 Å². The van der Waals surface area contributed by atoms with Crippen LogP contribution in [0.1, 0.15) is 26.5 Å². The summed E-state index contributed by atoms with van der Waals surface area (Å²) in [5.74, 6) is 0. The van der Waals surface area contributed by atoms with E-state index >= 15 is 0 Å². The molecule has 0 fully saturated rings. The Hall–Kier alpha value is 0.0969. The van der Waals surface area contributed by atoms with Crippen molar-refractivity contribution >= 4 is 35.8 Å². The summed E-state index contributed by atoms with van der Waals surface area (Å²) in [7, 11) is -1.74. The van der Waals surface area contributed by atoms with Gasteiger partial charge in [0.2, 0.25) is 0 Å². The van der Waals surface area contributed by atoms with Crippen LogP contribution in [0.5, 0.6) is 0 Å². The first-order valence-electron chi connectivity index (χ1n) is 5.58. The Morgan fingerprint density at radius 1 is 1.35 bits per heavy atom. The van der Waals surface area contributed by atoms with Crippen molar-refractivity contribution in [2.45, 2.75) is 45.5 Å². The molecule has 1 rings (SSSR count). The minimum Gasteiger partial charge on any atom is -0.411 e. The minimum absolute atomic E-state index is 0.200. The van der Waals surface area contributed by atoms with Crippen LogP contribution in [0.2, 0.25) is 23.2 Å². The second-order valence-electron chi connectivity index (χ2n) is 5.61. The van der Waals surface area contributed by atoms with Crippen LogP contribution in [0.4, 0.5) is 0 Å². The summed E-state index contributed by atoms with van der Waals surface area (Å²) in [6.45, 7) is 11.6. The number of pyridine rings is 1. The minimum atomic E-state index is -1.74. The van der Waals surface area contributed by atoms with E-state index in [1.54, 1.807) is 0 Å². The predicted molar refractivity (Wildman–Crippen MR) is 78.9 cm³/mol. The SMILES string of the molecule is CC(C)(C)[Si](C)(C)OCc1nc(Br)ccc1Cl. The van der Waals surface area contributed by atoms with Crippen LogP contribution in [0.15, 0.2) is 16.7 Å². The van der Waals surface area contributed by atoms with E-state index in [4.69, 9.17) is 16.0 Å². The van der Waals surface area contributed by atoms with E-state index in [1.807, 2.05) is 12.1 Å². The van der Waals surface area contributed by atoms with Crippen molar-refractivity contribution in [3.05, 3.63) is 27.5 Å². The number of hydrogen-bond donors (Lipinski definition) is 0. The molecule has 1 aromatic rings. The summed E-state index contributed by atoms with van der Waals surface area (Å²) < 4.78 is 6.87. The average Bonchev–Trinajstić information content (AvgIpc) is 2.18. The summed E-state index contributed by atoms with van der Waals surface area (Å²) in [4.78, 5) is 4.34. The van der Waals surface area contributed by atoms with Gasteiger partial charge in [0.05, 0.1) is 17.3 Å². The predicted octanol–water partition coefficient (Wildman–Crippen LogP) is 5.02. The van der Waals surface area contributed by atoms with E-state index in [9.17, 15) is 0 Å². The molecule has 5 heteroatoms. The van der Waals surface area contributed by atoms with Crippen molar-refractivity contribution in [3.63, 3.8) is 0 Å².